The number of furan rings is 1. The average Bonchev–Trinajstić information content (AvgIpc) is 3.12. The lowest BCUT2D eigenvalue weighted by molar-refractivity contribution is -0.149. The van der Waals surface area contributed by atoms with Gasteiger partial charge in [-0.15, -0.1) is 0 Å². The van der Waals surface area contributed by atoms with E-state index in [-0.39, 0.29) is 11.9 Å². The molecule has 0 aliphatic carbocycles. The molecular weight excluding hydrogens is 306 g/mol. The smallest absolute Gasteiger partial charge is 0.309 e. The number of esters is 1. The highest BCUT2D eigenvalue weighted by Gasteiger charge is 2.27. The minimum atomic E-state index is -0.0602. The molecule has 6 nitrogen and oxygen atoms in total. The molecule has 0 spiro atoms. The summed E-state index contributed by atoms with van der Waals surface area (Å²) in [5.41, 5.74) is 0. The van der Waals surface area contributed by atoms with Gasteiger partial charge in [-0.1, -0.05) is 6.92 Å². The number of rotatable bonds is 7. The van der Waals surface area contributed by atoms with Crippen LogP contribution in [0.3, 0.4) is 0 Å². The summed E-state index contributed by atoms with van der Waals surface area (Å²) < 4.78 is 10.5. The molecule has 0 saturated carbocycles. The maximum atomic E-state index is 11.9. The van der Waals surface area contributed by atoms with Crippen LogP contribution >= 0.6 is 0 Å². The molecule has 1 aliphatic rings. The first-order chi connectivity index (χ1) is 11.7. The van der Waals surface area contributed by atoms with Gasteiger partial charge in [0.15, 0.2) is 5.96 Å². The van der Waals surface area contributed by atoms with Gasteiger partial charge in [0.05, 0.1) is 18.8 Å². The van der Waals surface area contributed by atoms with Gasteiger partial charge in [-0.05, 0) is 38.3 Å². The van der Waals surface area contributed by atoms with E-state index in [0.29, 0.717) is 6.61 Å². The quantitative estimate of drug-likeness (QED) is 0.471. The van der Waals surface area contributed by atoms with E-state index in [4.69, 9.17) is 9.15 Å². The van der Waals surface area contributed by atoms with Gasteiger partial charge in [-0.2, -0.15) is 0 Å². The SMILES string of the molecule is CCCN=C(NCCc1ccco1)N1CCC(C(=O)OCC)CC1. The van der Waals surface area contributed by atoms with Gasteiger partial charge >= 0.3 is 5.97 Å². The molecule has 0 aromatic carbocycles. The van der Waals surface area contributed by atoms with Gasteiger partial charge in [0.1, 0.15) is 5.76 Å². The molecular formula is C18H29N3O3. The molecule has 1 aromatic rings. The third-order valence-electron chi connectivity index (χ3n) is 4.13. The standard InChI is InChI=1S/C18H29N3O3/c1-3-10-19-18(20-11-7-16-6-5-14-24-16)21-12-8-15(9-13-21)17(22)23-4-2/h5-6,14-15H,3-4,7-13H2,1-2H3,(H,19,20). The summed E-state index contributed by atoms with van der Waals surface area (Å²) in [5.74, 6) is 1.87. The van der Waals surface area contributed by atoms with Crippen molar-refractivity contribution in [3.63, 3.8) is 0 Å². The van der Waals surface area contributed by atoms with Crippen LogP contribution in [0.1, 0.15) is 38.9 Å². The Hall–Kier alpha value is -1.98. The molecule has 1 saturated heterocycles. The Bertz CT molecular complexity index is 506. The molecule has 0 atom stereocenters. The third kappa shape index (κ3) is 5.58. The molecule has 2 heterocycles. The number of guanidine groups is 1. The van der Waals surface area contributed by atoms with E-state index in [1.165, 1.54) is 0 Å². The van der Waals surface area contributed by atoms with Crippen LogP contribution in [0.25, 0.3) is 0 Å². The second-order valence-electron chi connectivity index (χ2n) is 5.97. The first-order valence-electron chi connectivity index (χ1n) is 8.96. The highest BCUT2D eigenvalue weighted by atomic mass is 16.5. The van der Waals surface area contributed by atoms with Gasteiger partial charge in [0, 0.05) is 32.6 Å². The number of hydrogen-bond donors (Lipinski definition) is 1. The zero-order valence-electron chi connectivity index (χ0n) is 14.8. The molecule has 1 aliphatic heterocycles. The van der Waals surface area contributed by atoms with Crippen molar-refractivity contribution in [1.82, 2.24) is 10.2 Å². The number of carbonyl (C=O) groups excluding carboxylic acids is 1. The van der Waals surface area contributed by atoms with Crippen LogP contribution in [0.15, 0.2) is 27.8 Å². The third-order valence-corrected chi connectivity index (χ3v) is 4.13. The Morgan fingerprint density at radius 2 is 2.21 bits per heavy atom. The van der Waals surface area contributed by atoms with Crippen molar-refractivity contribution < 1.29 is 13.9 Å². The first-order valence-corrected chi connectivity index (χ1v) is 8.96. The fraction of sp³-hybridized carbons (Fsp3) is 0.667. The van der Waals surface area contributed by atoms with E-state index in [0.717, 1.165) is 63.6 Å². The van der Waals surface area contributed by atoms with Crippen molar-refractivity contribution >= 4 is 11.9 Å². The van der Waals surface area contributed by atoms with E-state index >= 15 is 0 Å². The van der Waals surface area contributed by atoms with E-state index in [2.05, 4.69) is 22.1 Å². The zero-order valence-corrected chi connectivity index (χ0v) is 14.8. The van der Waals surface area contributed by atoms with Gasteiger partial charge in [-0.25, -0.2) is 0 Å². The van der Waals surface area contributed by atoms with Crippen LogP contribution in [0, 0.1) is 5.92 Å². The summed E-state index contributed by atoms with van der Waals surface area (Å²) >= 11 is 0. The largest absolute Gasteiger partial charge is 0.469 e. The number of hydrogen-bond acceptors (Lipinski definition) is 4. The predicted molar refractivity (Wildman–Crippen MR) is 93.9 cm³/mol. The Kier molecular flexibility index (Phi) is 7.65. The van der Waals surface area contributed by atoms with Crippen molar-refractivity contribution in [3.8, 4) is 0 Å². The molecule has 24 heavy (non-hydrogen) atoms. The number of aliphatic imine (C=N–C) groups is 1. The van der Waals surface area contributed by atoms with Crippen LogP contribution in [-0.4, -0.2) is 49.6 Å². The number of likely N-dealkylation sites (tertiary alicyclic amines) is 1. The number of nitrogens with one attached hydrogen (secondary N) is 1. The molecule has 1 fully saturated rings. The fourth-order valence-corrected chi connectivity index (χ4v) is 2.82. The number of carbonyl (C=O) groups is 1. The van der Waals surface area contributed by atoms with Crippen molar-refractivity contribution in [2.75, 3.05) is 32.8 Å². The number of piperidine rings is 1. The summed E-state index contributed by atoms with van der Waals surface area (Å²) in [6.45, 7) is 7.69. The highest BCUT2D eigenvalue weighted by molar-refractivity contribution is 5.80. The van der Waals surface area contributed by atoms with Crippen LogP contribution in [-0.2, 0) is 16.0 Å². The Balaban J connectivity index is 1.83. The van der Waals surface area contributed by atoms with E-state index in [1.807, 2.05) is 19.1 Å². The summed E-state index contributed by atoms with van der Waals surface area (Å²) in [7, 11) is 0. The lowest BCUT2D eigenvalue weighted by Crippen LogP contribution is -2.47. The first kappa shape index (κ1) is 18.4. The Morgan fingerprint density at radius 3 is 2.83 bits per heavy atom. The molecule has 2 rings (SSSR count). The molecule has 0 unspecified atom stereocenters. The number of ether oxygens (including phenoxy) is 1. The molecule has 1 N–H and O–H groups in total. The zero-order chi connectivity index (χ0) is 17.2. The summed E-state index contributed by atoms with van der Waals surface area (Å²) in [5, 5.41) is 3.43. The number of nitrogens with zero attached hydrogens (tertiary/aromatic N) is 2. The highest BCUT2D eigenvalue weighted by Crippen LogP contribution is 2.18. The second kappa shape index (κ2) is 10.0. The summed E-state index contributed by atoms with van der Waals surface area (Å²) in [6, 6.07) is 3.89. The van der Waals surface area contributed by atoms with E-state index < -0.39 is 0 Å². The molecule has 6 heteroatoms. The average molecular weight is 335 g/mol. The van der Waals surface area contributed by atoms with Crippen LogP contribution in [0.2, 0.25) is 0 Å². The van der Waals surface area contributed by atoms with Crippen LogP contribution in [0.4, 0.5) is 0 Å². The van der Waals surface area contributed by atoms with Crippen LogP contribution < -0.4 is 5.32 Å². The van der Waals surface area contributed by atoms with Crippen LogP contribution in [0.5, 0.6) is 0 Å². The lowest BCUT2D eigenvalue weighted by Gasteiger charge is -2.33. The Morgan fingerprint density at radius 1 is 1.42 bits per heavy atom. The maximum absolute atomic E-state index is 11.9. The second-order valence-corrected chi connectivity index (χ2v) is 5.97. The van der Waals surface area contributed by atoms with E-state index in [9.17, 15) is 4.79 Å². The minimum absolute atomic E-state index is 0.0248. The summed E-state index contributed by atoms with van der Waals surface area (Å²) in [4.78, 5) is 18.8. The lowest BCUT2D eigenvalue weighted by atomic mass is 9.97. The van der Waals surface area contributed by atoms with Crippen molar-refractivity contribution in [2.24, 2.45) is 10.9 Å². The molecule has 0 bridgehead atoms. The van der Waals surface area contributed by atoms with Crippen molar-refractivity contribution in [1.29, 1.82) is 0 Å². The Labute approximate surface area is 144 Å². The van der Waals surface area contributed by atoms with Gasteiger partial charge in [0.2, 0.25) is 0 Å². The predicted octanol–water partition coefficient (Wildman–Crippen LogP) is 2.45. The van der Waals surface area contributed by atoms with Gasteiger partial charge in [-0.3, -0.25) is 9.79 Å². The van der Waals surface area contributed by atoms with Crippen molar-refractivity contribution in [3.05, 3.63) is 24.2 Å². The van der Waals surface area contributed by atoms with Gasteiger partial charge in [0.25, 0.3) is 0 Å². The fourth-order valence-electron chi connectivity index (χ4n) is 2.82. The monoisotopic (exact) mass is 335 g/mol. The molecule has 0 amide bonds. The molecule has 1 aromatic heterocycles. The van der Waals surface area contributed by atoms with E-state index in [1.54, 1.807) is 6.26 Å². The van der Waals surface area contributed by atoms with Gasteiger partial charge < -0.3 is 19.4 Å². The molecule has 0 radical (unpaired) electrons. The molecule has 134 valence electrons. The topological polar surface area (TPSA) is 67.1 Å². The minimum Gasteiger partial charge on any atom is -0.469 e. The summed E-state index contributed by atoms with van der Waals surface area (Å²) in [6.07, 6.45) is 5.19. The maximum Gasteiger partial charge on any atom is 0.309 e. The van der Waals surface area contributed by atoms with Crippen molar-refractivity contribution in [2.45, 2.75) is 39.5 Å². The normalized spacial score (nSPS) is 16.2.